The highest BCUT2D eigenvalue weighted by atomic mass is 19.1. The van der Waals surface area contributed by atoms with Crippen molar-refractivity contribution in [2.45, 2.75) is 41.5 Å². The minimum Gasteiger partial charge on any atom is -0.394 e. The first-order valence-electron chi connectivity index (χ1n) is 5.36. The molecule has 4 heteroatoms. The molecule has 0 fully saturated rings. The number of anilines is 1. The first kappa shape index (κ1) is 17.2. The Kier molecular flexibility index (Phi) is 8.63. The van der Waals surface area contributed by atoms with E-state index < -0.39 is 23.1 Å². The Balaban J connectivity index is 0. The zero-order valence-corrected chi connectivity index (χ0v) is 10.7. The first-order valence-corrected chi connectivity index (χ1v) is 5.36. The molecule has 0 aliphatic rings. The summed E-state index contributed by atoms with van der Waals surface area (Å²) in [5.74, 6) is -2.91. The van der Waals surface area contributed by atoms with Crippen molar-refractivity contribution in [3.8, 4) is 0 Å². The Morgan fingerprint density at radius 1 is 0.688 bits per heavy atom. The van der Waals surface area contributed by atoms with E-state index in [9.17, 15) is 13.2 Å². The highest BCUT2D eigenvalue weighted by Gasteiger charge is 2.17. The van der Waals surface area contributed by atoms with Crippen LogP contribution in [0.2, 0.25) is 0 Å². The van der Waals surface area contributed by atoms with Crippen molar-refractivity contribution in [3.05, 3.63) is 28.6 Å². The van der Waals surface area contributed by atoms with Gasteiger partial charge in [-0.2, -0.15) is 0 Å². The van der Waals surface area contributed by atoms with Crippen LogP contribution in [0.15, 0.2) is 0 Å². The van der Waals surface area contributed by atoms with Crippen molar-refractivity contribution < 1.29 is 13.2 Å². The number of halogens is 3. The van der Waals surface area contributed by atoms with Crippen molar-refractivity contribution in [2.75, 3.05) is 5.73 Å². The molecule has 0 heterocycles. The molecule has 0 amide bonds. The van der Waals surface area contributed by atoms with Gasteiger partial charge in [0.2, 0.25) is 0 Å². The molecule has 94 valence electrons. The molecular formula is C12H20F3N. The van der Waals surface area contributed by atoms with Crippen LogP contribution < -0.4 is 5.73 Å². The summed E-state index contributed by atoms with van der Waals surface area (Å²) in [6, 6.07) is 0. The molecule has 0 saturated carbocycles. The van der Waals surface area contributed by atoms with Crippen LogP contribution in [0.1, 0.15) is 38.8 Å². The summed E-state index contributed by atoms with van der Waals surface area (Å²) < 4.78 is 38.6. The van der Waals surface area contributed by atoms with Crippen LogP contribution in [0.5, 0.6) is 0 Å². The molecule has 1 aromatic rings. The van der Waals surface area contributed by atoms with E-state index >= 15 is 0 Å². The second kappa shape index (κ2) is 8.02. The third-order valence-electron chi connectivity index (χ3n) is 1.79. The molecule has 1 rings (SSSR count). The van der Waals surface area contributed by atoms with Gasteiger partial charge >= 0.3 is 0 Å². The van der Waals surface area contributed by atoms with Crippen LogP contribution in [0.4, 0.5) is 18.9 Å². The van der Waals surface area contributed by atoms with E-state index in [1.807, 2.05) is 27.7 Å². The van der Waals surface area contributed by atoms with E-state index in [0.29, 0.717) is 0 Å². The summed E-state index contributed by atoms with van der Waals surface area (Å²) in [6.45, 7) is 10.4. The van der Waals surface area contributed by atoms with Gasteiger partial charge in [-0.3, -0.25) is 0 Å². The summed E-state index contributed by atoms with van der Waals surface area (Å²) >= 11 is 0. The van der Waals surface area contributed by atoms with E-state index in [1.54, 1.807) is 0 Å². The molecule has 0 atom stereocenters. The molecule has 2 N–H and O–H groups in total. The van der Waals surface area contributed by atoms with Gasteiger partial charge in [-0.05, 0) is 13.8 Å². The van der Waals surface area contributed by atoms with E-state index in [2.05, 4.69) is 0 Å². The molecule has 1 aromatic carbocycles. The SMILES string of the molecule is CC.CC.Cc1c(F)c(C)c(F)c(N)c1F. The van der Waals surface area contributed by atoms with Crippen LogP contribution in [-0.2, 0) is 0 Å². The van der Waals surface area contributed by atoms with Crippen molar-refractivity contribution in [3.63, 3.8) is 0 Å². The zero-order valence-electron chi connectivity index (χ0n) is 10.7. The second-order valence-electron chi connectivity index (χ2n) is 2.61. The highest BCUT2D eigenvalue weighted by molar-refractivity contribution is 5.48. The largest absolute Gasteiger partial charge is 0.394 e. The van der Waals surface area contributed by atoms with Gasteiger partial charge in [0.15, 0.2) is 11.6 Å². The van der Waals surface area contributed by atoms with E-state index in [4.69, 9.17) is 5.73 Å². The normalized spacial score (nSPS) is 8.56. The first-order chi connectivity index (χ1) is 7.46. The number of hydrogen-bond donors (Lipinski definition) is 1. The lowest BCUT2D eigenvalue weighted by Gasteiger charge is -2.07. The minimum atomic E-state index is -1.02. The van der Waals surface area contributed by atoms with Gasteiger partial charge in [-0.1, -0.05) is 27.7 Å². The van der Waals surface area contributed by atoms with Gasteiger partial charge in [0, 0.05) is 11.1 Å². The molecule has 0 spiro atoms. The Bertz CT molecular complexity index is 231. The molecule has 0 aliphatic carbocycles. The molecule has 1 nitrogen and oxygen atoms in total. The summed E-state index contributed by atoms with van der Waals surface area (Å²) in [6.07, 6.45) is 0. The topological polar surface area (TPSA) is 26.0 Å². The van der Waals surface area contributed by atoms with Gasteiger partial charge in [-0.25, -0.2) is 13.2 Å². The second-order valence-corrected chi connectivity index (χ2v) is 2.61. The van der Waals surface area contributed by atoms with E-state index in [-0.39, 0.29) is 11.1 Å². The monoisotopic (exact) mass is 235 g/mol. The van der Waals surface area contributed by atoms with Crippen molar-refractivity contribution in [2.24, 2.45) is 0 Å². The van der Waals surface area contributed by atoms with E-state index in [1.165, 1.54) is 13.8 Å². The lowest BCUT2D eigenvalue weighted by Crippen LogP contribution is -2.04. The molecule has 0 bridgehead atoms. The number of nitrogen functional groups attached to an aromatic ring is 1. The highest BCUT2D eigenvalue weighted by Crippen LogP contribution is 2.25. The number of benzene rings is 1. The summed E-state index contributed by atoms with van der Waals surface area (Å²) in [7, 11) is 0. The maximum atomic E-state index is 12.9. The van der Waals surface area contributed by atoms with Crippen molar-refractivity contribution in [1.29, 1.82) is 0 Å². The predicted octanol–water partition coefficient (Wildman–Crippen LogP) is 4.36. The quantitative estimate of drug-likeness (QED) is 0.664. The van der Waals surface area contributed by atoms with Gasteiger partial charge < -0.3 is 5.73 Å². The van der Waals surface area contributed by atoms with Crippen molar-refractivity contribution >= 4 is 5.69 Å². The molecule has 16 heavy (non-hydrogen) atoms. The van der Waals surface area contributed by atoms with Crippen LogP contribution >= 0.6 is 0 Å². The number of rotatable bonds is 0. The smallest absolute Gasteiger partial charge is 0.154 e. The van der Waals surface area contributed by atoms with Gasteiger partial charge in [0.05, 0.1) is 0 Å². The molecule has 0 unspecified atom stereocenters. The molecular weight excluding hydrogens is 215 g/mol. The zero-order chi connectivity index (χ0) is 13.5. The van der Waals surface area contributed by atoms with Crippen LogP contribution in [-0.4, -0.2) is 0 Å². The average molecular weight is 235 g/mol. The standard InChI is InChI=1S/C8H8F3N.2C2H6/c1-3-5(9)4(2)7(11)8(12)6(3)10;2*1-2/h12H2,1-2H3;2*1-2H3. The van der Waals surface area contributed by atoms with Gasteiger partial charge in [0.25, 0.3) is 0 Å². The van der Waals surface area contributed by atoms with Crippen LogP contribution in [0.3, 0.4) is 0 Å². The lowest BCUT2D eigenvalue weighted by atomic mass is 10.1. The minimum absolute atomic E-state index is 0.244. The molecule has 0 aromatic heterocycles. The van der Waals surface area contributed by atoms with Crippen molar-refractivity contribution in [1.82, 2.24) is 0 Å². The predicted molar refractivity (Wildman–Crippen MR) is 62.9 cm³/mol. The third kappa shape index (κ3) is 3.43. The summed E-state index contributed by atoms with van der Waals surface area (Å²) in [5.41, 5.74) is 3.93. The fourth-order valence-electron chi connectivity index (χ4n) is 0.974. The lowest BCUT2D eigenvalue weighted by molar-refractivity contribution is 0.528. The number of nitrogens with two attached hydrogens (primary N) is 1. The molecule has 0 radical (unpaired) electrons. The molecule has 0 saturated heterocycles. The maximum Gasteiger partial charge on any atom is 0.154 e. The fourth-order valence-corrected chi connectivity index (χ4v) is 0.974. The maximum absolute atomic E-state index is 12.9. The Hall–Kier alpha value is -1.19. The Labute approximate surface area is 95.5 Å². The van der Waals surface area contributed by atoms with E-state index in [0.717, 1.165) is 0 Å². The van der Waals surface area contributed by atoms with Gasteiger partial charge in [0.1, 0.15) is 11.5 Å². The Morgan fingerprint density at radius 3 is 1.19 bits per heavy atom. The van der Waals surface area contributed by atoms with Crippen LogP contribution in [0, 0.1) is 31.3 Å². The van der Waals surface area contributed by atoms with Gasteiger partial charge in [-0.15, -0.1) is 0 Å². The van der Waals surface area contributed by atoms with Crippen LogP contribution in [0.25, 0.3) is 0 Å². The summed E-state index contributed by atoms with van der Waals surface area (Å²) in [4.78, 5) is 0. The molecule has 0 aliphatic heterocycles. The Morgan fingerprint density at radius 2 is 0.938 bits per heavy atom. The number of hydrogen-bond acceptors (Lipinski definition) is 1. The summed E-state index contributed by atoms with van der Waals surface area (Å²) in [5, 5.41) is 0. The fraction of sp³-hybridized carbons (Fsp3) is 0.500. The average Bonchev–Trinajstić information content (AvgIpc) is 2.36. The third-order valence-corrected chi connectivity index (χ3v) is 1.79.